The average Bonchev–Trinajstić information content (AvgIpc) is 3.22. The van der Waals surface area contributed by atoms with Gasteiger partial charge in [-0.3, -0.25) is 0 Å². The quantitative estimate of drug-likeness (QED) is 0.197. The summed E-state index contributed by atoms with van der Waals surface area (Å²) in [6.07, 6.45) is -4.75. The molecular formula is C23H20Cl4NO9P. The molecule has 0 amide bonds. The van der Waals surface area contributed by atoms with E-state index in [9.17, 15) is 4.79 Å². The standard InChI is InChI=1S/C23H20Cl4NO9P/c1-8(2)28-38(34-14-12(26)10(24)11(25)13(27)15(14)35-38)36-20-17-16(30-22(29)9-6-4-3-5-7-9)18-21(37-38)19(20)33-23(31-17)32-18/h3-8,16-21,23,28H,1-2H3/t16?,17-,18+,19?,20+,21-,23?. The number of rotatable bonds is 4. The topological polar surface area (TPSA) is 103 Å². The van der Waals surface area contributed by atoms with Gasteiger partial charge in [0.15, 0.2) is 0 Å². The summed E-state index contributed by atoms with van der Waals surface area (Å²) in [5.41, 5.74) is 0.378. The Morgan fingerprint density at radius 3 is 1.87 bits per heavy atom. The molecular weight excluding hydrogens is 607 g/mol. The summed E-state index contributed by atoms with van der Waals surface area (Å²) in [6, 6.07) is 8.33. The van der Waals surface area contributed by atoms with Crippen molar-refractivity contribution in [3.05, 3.63) is 56.0 Å². The van der Waals surface area contributed by atoms with Crippen LogP contribution in [0.5, 0.6) is 11.5 Å². The molecule has 1 saturated carbocycles. The number of fused-ring (bicyclic) bond motifs is 1. The summed E-state index contributed by atoms with van der Waals surface area (Å²) in [6.45, 7) is 2.74. The fraction of sp³-hybridized carbons (Fsp3) is 0.435. The van der Waals surface area contributed by atoms with Crippen LogP contribution in [0, 0.1) is 0 Å². The van der Waals surface area contributed by atoms with Crippen LogP contribution in [0.3, 0.4) is 0 Å². The summed E-state index contributed by atoms with van der Waals surface area (Å²) in [5, 5.41) is 3.15. The second kappa shape index (κ2) is 8.68. The van der Waals surface area contributed by atoms with E-state index in [4.69, 9.17) is 83.4 Å². The van der Waals surface area contributed by atoms with Crippen molar-refractivity contribution in [2.24, 2.45) is 0 Å². The first-order valence-electron chi connectivity index (χ1n) is 11.8. The molecule has 15 heteroatoms. The van der Waals surface area contributed by atoms with Gasteiger partial charge in [-0.15, -0.1) is 0 Å². The maximum absolute atomic E-state index is 12.9. The van der Waals surface area contributed by atoms with Gasteiger partial charge >= 0.3 is 237 Å². The monoisotopic (exact) mass is 625 g/mol. The van der Waals surface area contributed by atoms with Crippen molar-refractivity contribution >= 4 is 60.0 Å². The molecule has 6 aliphatic rings. The van der Waals surface area contributed by atoms with E-state index in [0.717, 1.165) is 0 Å². The molecule has 2 aromatic carbocycles. The van der Waals surface area contributed by atoms with Gasteiger partial charge in [-0.25, -0.2) is 0 Å². The van der Waals surface area contributed by atoms with Crippen LogP contribution in [0.2, 0.25) is 20.1 Å². The van der Waals surface area contributed by atoms with Gasteiger partial charge in [0, 0.05) is 0 Å². The zero-order chi connectivity index (χ0) is 26.6. The molecule has 8 rings (SSSR count). The van der Waals surface area contributed by atoms with E-state index in [1.165, 1.54) is 0 Å². The average molecular weight is 627 g/mol. The van der Waals surface area contributed by atoms with Crippen molar-refractivity contribution in [3.8, 4) is 11.5 Å². The van der Waals surface area contributed by atoms with Gasteiger partial charge in [0.05, 0.1) is 0 Å². The van der Waals surface area contributed by atoms with Gasteiger partial charge in [0.1, 0.15) is 0 Å². The number of hydrogen-bond acceptors (Lipinski definition) is 10. The zero-order valence-corrected chi connectivity index (χ0v) is 23.6. The van der Waals surface area contributed by atoms with Crippen molar-refractivity contribution in [3.63, 3.8) is 0 Å². The van der Waals surface area contributed by atoms with Crippen LogP contribution < -0.4 is 14.1 Å². The molecule has 7 atom stereocenters. The molecule has 2 aromatic rings. The minimum atomic E-state index is -4.79. The second-order valence-electron chi connectivity index (χ2n) is 9.66. The number of nitrogens with one attached hydrogen (secondary N) is 1. The summed E-state index contributed by atoms with van der Waals surface area (Å²) in [5.74, 6) is -0.509. The van der Waals surface area contributed by atoms with Gasteiger partial charge in [-0.2, -0.15) is 0 Å². The Hall–Kier alpha value is -1.14. The second-order valence-corrected chi connectivity index (χ2v) is 13.8. The van der Waals surface area contributed by atoms with E-state index in [1.807, 2.05) is 13.8 Å². The third kappa shape index (κ3) is 3.63. The first kappa shape index (κ1) is 25.8. The van der Waals surface area contributed by atoms with E-state index in [1.54, 1.807) is 30.3 Å². The number of carbonyl (C=O) groups is 1. The third-order valence-corrected chi connectivity index (χ3v) is 11.7. The number of hydrogen-bond donors (Lipinski definition) is 1. The summed E-state index contributed by atoms with van der Waals surface area (Å²) < 4.78 is 49.6. The Kier molecular flexibility index (Phi) is 5.89. The molecule has 10 nitrogen and oxygen atoms in total. The molecule has 3 unspecified atom stereocenters. The molecule has 5 heterocycles. The predicted molar refractivity (Wildman–Crippen MR) is 137 cm³/mol. The normalized spacial score (nSPS) is 35.8. The minimum absolute atomic E-state index is 0.0115. The molecule has 1 spiro atoms. The Labute approximate surface area is 236 Å². The van der Waals surface area contributed by atoms with E-state index >= 15 is 0 Å². The van der Waals surface area contributed by atoms with Gasteiger partial charge in [-0.1, -0.05) is 0 Å². The molecule has 6 bridgehead atoms. The Balaban J connectivity index is 1.28. The van der Waals surface area contributed by atoms with Crippen LogP contribution in [-0.4, -0.2) is 55.1 Å². The van der Waals surface area contributed by atoms with Crippen LogP contribution in [-0.2, 0) is 28.0 Å². The van der Waals surface area contributed by atoms with Crippen molar-refractivity contribution in [2.75, 3.05) is 0 Å². The number of halogens is 4. The van der Waals surface area contributed by atoms with Crippen molar-refractivity contribution in [1.29, 1.82) is 0 Å². The first-order chi connectivity index (χ1) is 18.1. The van der Waals surface area contributed by atoms with E-state index in [2.05, 4.69) is 5.09 Å². The van der Waals surface area contributed by atoms with Crippen molar-refractivity contribution in [1.82, 2.24) is 5.09 Å². The van der Waals surface area contributed by atoms with Crippen LogP contribution >= 0.6 is 54.1 Å². The van der Waals surface area contributed by atoms with E-state index in [-0.39, 0.29) is 37.6 Å². The first-order valence-corrected chi connectivity index (χ1v) is 15.2. The van der Waals surface area contributed by atoms with Crippen LogP contribution in [0.15, 0.2) is 30.3 Å². The van der Waals surface area contributed by atoms with Gasteiger partial charge in [0.25, 0.3) is 0 Å². The number of esters is 1. The van der Waals surface area contributed by atoms with Gasteiger partial charge < -0.3 is 0 Å². The molecule has 1 N–H and O–H groups in total. The Morgan fingerprint density at radius 2 is 1.34 bits per heavy atom. The molecule has 38 heavy (non-hydrogen) atoms. The molecule has 0 radical (unpaired) electrons. The van der Waals surface area contributed by atoms with Crippen LogP contribution in [0.4, 0.5) is 0 Å². The zero-order valence-electron chi connectivity index (χ0n) is 19.6. The maximum atomic E-state index is 12.9. The Morgan fingerprint density at radius 1 is 0.816 bits per heavy atom. The van der Waals surface area contributed by atoms with Crippen LogP contribution in [0.25, 0.3) is 0 Å². The molecule has 5 aliphatic heterocycles. The predicted octanol–water partition coefficient (Wildman–Crippen LogP) is 5.69. The summed E-state index contributed by atoms with van der Waals surface area (Å²) >= 11 is 25.5. The van der Waals surface area contributed by atoms with E-state index < -0.39 is 56.7 Å². The molecule has 5 fully saturated rings. The fourth-order valence-electron chi connectivity index (χ4n) is 5.36. The van der Waals surface area contributed by atoms with Gasteiger partial charge in [0.2, 0.25) is 0 Å². The SMILES string of the molecule is CC(C)NP12(Oc3c(Cl)c(Cl)c(Cl)c(Cl)c3O1)O[C@@H]1C3OC4O[C@@H]1C(OC(=O)c1ccccc1)[C@H](O4)[C@H]3O2. The van der Waals surface area contributed by atoms with Crippen LogP contribution in [0.1, 0.15) is 24.2 Å². The van der Waals surface area contributed by atoms with Crippen molar-refractivity contribution < 1.29 is 41.8 Å². The molecule has 1 aliphatic carbocycles. The number of ether oxygens (including phenoxy) is 4. The van der Waals surface area contributed by atoms with E-state index in [0.29, 0.717) is 5.56 Å². The molecule has 4 saturated heterocycles. The fourth-order valence-corrected chi connectivity index (χ4v) is 9.99. The molecule has 204 valence electrons. The number of carbonyl (C=O) groups excluding carboxylic acids is 1. The van der Waals surface area contributed by atoms with Gasteiger partial charge in [-0.05, 0) is 0 Å². The summed E-state index contributed by atoms with van der Waals surface area (Å²) in [4.78, 5) is 12.9. The third-order valence-electron chi connectivity index (χ3n) is 6.76. The summed E-state index contributed by atoms with van der Waals surface area (Å²) in [7, 11) is -4.79. The Bertz CT molecular complexity index is 1290. The molecule has 0 aromatic heterocycles. The number of benzene rings is 2. The van der Waals surface area contributed by atoms with Crippen molar-refractivity contribution in [2.45, 2.75) is 63.0 Å².